The molecule has 0 saturated carbocycles. The van der Waals surface area contributed by atoms with Crippen LogP contribution in [0.25, 0.3) is 0 Å². The van der Waals surface area contributed by atoms with Gasteiger partial charge in [-0.15, -0.1) is 0 Å². The predicted octanol–water partition coefficient (Wildman–Crippen LogP) is 3.93. The van der Waals surface area contributed by atoms with E-state index < -0.39 is 0 Å². The van der Waals surface area contributed by atoms with E-state index in [-0.39, 0.29) is 5.78 Å². The van der Waals surface area contributed by atoms with Crippen molar-refractivity contribution in [2.75, 3.05) is 0 Å². The highest BCUT2D eigenvalue weighted by Crippen LogP contribution is 2.23. The quantitative estimate of drug-likeness (QED) is 0.771. The maximum atomic E-state index is 12.1. The van der Waals surface area contributed by atoms with Crippen LogP contribution in [0.5, 0.6) is 0 Å². The highest BCUT2D eigenvalue weighted by Gasteiger charge is 2.13. The fourth-order valence-electron chi connectivity index (χ4n) is 1.43. The van der Waals surface area contributed by atoms with Gasteiger partial charge in [-0.2, -0.15) is 0 Å². The Kier molecular flexibility index (Phi) is 3.46. The number of pyridine rings is 1. The second kappa shape index (κ2) is 4.86. The van der Waals surface area contributed by atoms with Crippen molar-refractivity contribution in [3.63, 3.8) is 0 Å². The predicted molar refractivity (Wildman–Crippen MR) is 68.9 cm³/mol. The average Bonchev–Trinajstić information content (AvgIpc) is 2.32. The molecule has 0 fully saturated rings. The molecule has 0 bridgehead atoms. The maximum Gasteiger partial charge on any atom is 0.196 e. The number of carbonyl (C=O) groups excluding carboxylic acids is 1. The van der Waals surface area contributed by atoms with Crippen LogP contribution in [-0.4, -0.2) is 10.8 Å². The smallest absolute Gasteiger partial charge is 0.196 e. The Morgan fingerprint density at radius 3 is 2.59 bits per heavy atom. The zero-order valence-electron chi connectivity index (χ0n) is 9.08. The molecule has 17 heavy (non-hydrogen) atoms. The number of halogens is 2. The summed E-state index contributed by atoms with van der Waals surface area (Å²) in [5.74, 6) is -0.176. The molecule has 0 saturated heterocycles. The van der Waals surface area contributed by atoms with Gasteiger partial charge in [0.2, 0.25) is 0 Å². The second-order valence-corrected chi connectivity index (χ2v) is 4.49. The third-order valence-electron chi connectivity index (χ3n) is 2.35. The molecule has 0 atom stereocenters. The number of hydrogen-bond donors (Lipinski definition) is 0. The van der Waals surface area contributed by atoms with Crippen molar-refractivity contribution in [2.24, 2.45) is 0 Å². The number of nitrogens with zero attached hydrogens (tertiary/aromatic N) is 1. The highest BCUT2D eigenvalue weighted by molar-refractivity contribution is 6.36. The summed E-state index contributed by atoms with van der Waals surface area (Å²) in [6.07, 6.45) is 1.54. The van der Waals surface area contributed by atoms with E-state index in [0.29, 0.717) is 21.2 Å². The number of rotatable bonds is 2. The lowest BCUT2D eigenvalue weighted by Crippen LogP contribution is -2.03. The lowest BCUT2D eigenvalue weighted by Gasteiger charge is -2.04. The minimum atomic E-state index is -0.176. The summed E-state index contributed by atoms with van der Waals surface area (Å²) in [4.78, 5) is 16.2. The molecule has 2 nitrogen and oxygen atoms in total. The van der Waals surface area contributed by atoms with E-state index >= 15 is 0 Å². The van der Waals surface area contributed by atoms with Crippen LogP contribution in [0.2, 0.25) is 10.0 Å². The lowest BCUT2D eigenvalue weighted by atomic mass is 10.0. The van der Waals surface area contributed by atoms with Crippen LogP contribution in [0.15, 0.2) is 36.5 Å². The molecule has 0 amide bonds. The van der Waals surface area contributed by atoms with Crippen LogP contribution in [0, 0.1) is 6.92 Å². The van der Waals surface area contributed by atoms with Crippen molar-refractivity contribution in [3.8, 4) is 0 Å². The minimum absolute atomic E-state index is 0.176. The Labute approximate surface area is 109 Å². The molecule has 4 heteroatoms. The number of aromatic nitrogens is 1. The number of aryl methyl sites for hydroxylation is 1. The van der Waals surface area contributed by atoms with Gasteiger partial charge in [0.25, 0.3) is 0 Å². The topological polar surface area (TPSA) is 30.0 Å². The summed E-state index contributed by atoms with van der Waals surface area (Å²) in [5, 5.41) is 0.873. The molecular weight excluding hydrogens is 257 g/mol. The molecule has 0 aliphatic carbocycles. The molecule has 0 aliphatic heterocycles. The standard InChI is InChI=1S/C13H9Cl2NO/c1-8-2-3-9(7-16-8)13(17)11-6-10(14)4-5-12(11)15/h2-7H,1H3. The summed E-state index contributed by atoms with van der Waals surface area (Å²) < 4.78 is 0. The first-order valence-electron chi connectivity index (χ1n) is 5.00. The van der Waals surface area contributed by atoms with E-state index in [2.05, 4.69) is 4.98 Å². The van der Waals surface area contributed by atoms with Crippen molar-refractivity contribution in [3.05, 3.63) is 63.4 Å². The van der Waals surface area contributed by atoms with Gasteiger partial charge in [0.15, 0.2) is 5.78 Å². The van der Waals surface area contributed by atoms with Crippen LogP contribution in [0.1, 0.15) is 21.6 Å². The molecule has 0 radical (unpaired) electrons. The van der Waals surface area contributed by atoms with E-state index in [9.17, 15) is 4.79 Å². The Morgan fingerprint density at radius 1 is 1.18 bits per heavy atom. The molecule has 2 aromatic rings. The van der Waals surface area contributed by atoms with E-state index in [0.717, 1.165) is 5.69 Å². The van der Waals surface area contributed by atoms with Crippen LogP contribution in [0.3, 0.4) is 0 Å². The number of ketones is 1. The van der Waals surface area contributed by atoms with Crippen molar-refractivity contribution in [1.82, 2.24) is 4.98 Å². The number of hydrogen-bond acceptors (Lipinski definition) is 2. The number of benzene rings is 1. The maximum absolute atomic E-state index is 12.1. The SMILES string of the molecule is Cc1ccc(C(=O)c2cc(Cl)ccc2Cl)cn1. The molecular formula is C13H9Cl2NO. The van der Waals surface area contributed by atoms with Crippen LogP contribution >= 0.6 is 23.2 Å². The molecule has 1 heterocycles. The van der Waals surface area contributed by atoms with E-state index in [1.807, 2.05) is 6.92 Å². The van der Waals surface area contributed by atoms with Gasteiger partial charge in [-0.3, -0.25) is 9.78 Å². The van der Waals surface area contributed by atoms with Crippen molar-refractivity contribution < 1.29 is 4.79 Å². The average molecular weight is 266 g/mol. The third-order valence-corrected chi connectivity index (χ3v) is 2.91. The highest BCUT2D eigenvalue weighted by atomic mass is 35.5. The van der Waals surface area contributed by atoms with E-state index in [1.54, 1.807) is 30.3 Å². The van der Waals surface area contributed by atoms with Crippen LogP contribution < -0.4 is 0 Å². The molecule has 1 aromatic heterocycles. The van der Waals surface area contributed by atoms with Gasteiger partial charge in [-0.1, -0.05) is 23.2 Å². The Morgan fingerprint density at radius 2 is 1.94 bits per heavy atom. The zero-order chi connectivity index (χ0) is 12.4. The Hall–Kier alpha value is -1.38. The van der Waals surface area contributed by atoms with Crippen LogP contribution in [0.4, 0.5) is 0 Å². The first-order valence-corrected chi connectivity index (χ1v) is 5.76. The van der Waals surface area contributed by atoms with Gasteiger partial charge >= 0.3 is 0 Å². The lowest BCUT2D eigenvalue weighted by molar-refractivity contribution is 0.103. The second-order valence-electron chi connectivity index (χ2n) is 3.64. The van der Waals surface area contributed by atoms with Crippen molar-refractivity contribution in [1.29, 1.82) is 0 Å². The Bertz CT molecular complexity index is 564. The third kappa shape index (κ3) is 2.65. The van der Waals surface area contributed by atoms with Crippen molar-refractivity contribution in [2.45, 2.75) is 6.92 Å². The molecule has 0 spiro atoms. The largest absolute Gasteiger partial charge is 0.288 e. The summed E-state index contributed by atoms with van der Waals surface area (Å²) in [5.41, 5.74) is 1.75. The van der Waals surface area contributed by atoms with Crippen LogP contribution in [-0.2, 0) is 0 Å². The Balaban J connectivity index is 2.43. The molecule has 0 N–H and O–H groups in total. The van der Waals surface area contributed by atoms with Gasteiger partial charge < -0.3 is 0 Å². The fourth-order valence-corrected chi connectivity index (χ4v) is 1.80. The van der Waals surface area contributed by atoms with Gasteiger partial charge in [0, 0.05) is 28.0 Å². The summed E-state index contributed by atoms with van der Waals surface area (Å²) in [6.45, 7) is 1.86. The van der Waals surface area contributed by atoms with Gasteiger partial charge in [-0.05, 0) is 37.3 Å². The minimum Gasteiger partial charge on any atom is -0.288 e. The zero-order valence-corrected chi connectivity index (χ0v) is 10.6. The van der Waals surface area contributed by atoms with E-state index in [4.69, 9.17) is 23.2 Å². The normalized spacial score (nSPS) is 10.3. The van der Waals surface area contributed by atoms with E-state index in [1.165, 1.54) is 6.20 Å². The monoisotopic (exact) mass is 265 g/mol. The summed E-state index contributed by atoms with van der Waals surface area (Å²) in [7, 11) is 0. The summed E-state index contributed by atoms with van der Waals surface area (Å²) >= 11 is 11.8. The summed E-state index contributed by atoms with van der Waals surface area (Å²) in [6, 6.07) is 8.33. The first kappa shape index (κ1) is 12.1. The molecule has 86 valence electrons. The van der Waals surface area contributed by atoms with Gasteiger partial charge in [0.05, 0.1) is 5.02 Å². The van der Waals surface area contributed by atoms with Gasteiger partial charge in [0.1, 0.15) is 0 Å². The number of carbonyl (C=O) groups is 1. The molecule has 0 unspecified atom stereocenters. The van der Waals surface area contributed by atoms with Crippen molar-refractivity contribution >= 4 is 29.0 Å². The fraction of sp³-hybridized carbons (Fsp3) is 0.0769. The first-order chi connectivity index (χ1) is 8.08. The molecule has 1 aromatic carbocycles. The van der Waals surface area contributed by atoms with Gasteiger partial charge in [-0.25, -0.2) is 0 Å². The molecule has 0 aliphatic rings. The molecule has 2 rings (SSSR count).